The van der Waals surface area contributed by atoms with Gasteiger partial charge in [0.15, 0.2) is 5.13 Å². The first-order chi connectivity index (χ1) is 8.63. The van der Waals surface area contributed by atoms with Crippen LogP contribution < -0.4 is 10.2 Å². The Morgan fingerprint density at radius 1 is 1.50 bits per heavy atom. The highest BCUT2D eigenvalue weighted by Gasteiger charge is 2.36. The van der Waals surface area contributed by atoms with Crippen molar-refractivity contribution in [3.63, 3.8) is 0 Å². The molecule has 2 bridgehead atoms. The Hall–Kier alpha value is -1.21. The Balaban J connectivity index is 1.73. The van der Waals surface area contributed by atoms with Crippen LogP contribution in [-0.4, -0.2) is 35.1 Å². The van der Waals surface area contributed by atoms with E-state index in [1.165, 1.54) is 19.0 Å². The highest BCUT2D eigenvalue weighted by Crippen LogP contribution is 2.34. The minimum absolute atomic E-state index is 0.119. The largest absolute Gasteiger partial charge is 0.348 e. The number of rotatable bonds is 3. The minimum atomic E-state index is -0.374. The molecule has 6 nitrogen and oxygen atoms in total. The van der Waals surface area contributed by atoms with Crippen molar-refractivity contribution in [3.05, 3.63) is 16.3 Å². The van der Waals surface area contributed by atoms with E-state index in [0.29, 0.717) is 18.1 Å². The summed E-state index contributed by atoms with van der Waals surface area (Å²) in [5.74, 6) is 0. The molecule has 2 aliphatic heterocycles. The van der Waals surface area contributed by atoms with Crippen LogP contribution >= 0.6 is 11.3 Å². The third kappa shape index (κ3) is 2.08. The zero-order valence-electron chi connectivity index (χ0n) is 10.2. The number of anilines is 1. The number of fused-ring (bicyclic) bond motifs is 2. The fraction of sp³-hybridized carbons (Fsp3) is 0.727. The maximum atomic E-state index is 10.7. The van der Waals surface area contributed by atoms with E-state index in [9.17, 15) is 10.1 Å². The van der Waals surface area contributed by atoms with E-state index in [1.54, 1.807) is 0 Å². The maximum absolute atomic E-state index is 10.7. The van der Waals surface area contributed by atoms with Crippen molar-refractivity contribution in [2.24, 2.45) is 0 Å². The highest BCUT2D eigenvalue weighted by atomic mass is 32.1. The zero-order valence-corrected chi connectivity index (χ0v) is 11.0. The topological polar surface area (TPSA) is 71.3 Å². The summed E-state index contributed by atoms with van der Waals surface area (Å²) in [6.45, 7) is 0. The van der Waals surface area contributed by atoms with Crippen LogP contribution in [0.2, 0.25) is 0 Å². The third-order valence-electron chi connectivity index (χ3n) is 3.96. The molecule has 0 saturated carbocycles. The highest BCUT2D eigenvalue weighted by molar-refractivity contribution is 7.18. The molecule has 0 aromatic carbocycles. The summed E-state index contributed by atoms with van der Waals surface area (Å²) in [5.41, 5.74) is 0. The lowest BCUT2D eigenvalue weighted by Gasteiger charge is -2.35. The Morgan fingerprint density at radius 2 is 2.17 bits per heavy atom. The van der Waals surface area contributed by atoms with Crippen molar-refractivity contribution in [1.29, 1.82) is 0 Å². The van der Waals surface area contributed by atoms with Crippen LogP contribution in [0.5, 0.6) is 0 Å². The molecule has 1 aromatic rings. The second-order valence-electron chi connectivity index (χ2n) is 5.11. The Kier molecular flexibility index (Phi) is 2.95. The predicted molar refractivity (Wildman–Crippen MR) is 70.1 cm³/mol. The summed E-state index contributed by atoms with van der Waals surface area (Å²) >= 11 is 1.16. The van der Waals surface area contributed by atoms with Crippen LogP contribution in [0.25, 0.3) is 0 Å². The van der Waals surface area contributed by atoms with Crippen molar-refractivity contribution >= 4 is 21.5 Å². The molecule has 7 heteroatoms. The van der Waals surface area contributed by atoms with Crippen molar-refractivity contribution in [1.82, 2.24) is 10.3 Å². The van der Waals surface area contributed by atoms with Gasteiger partial charge in [-0.1, -0.05) is 0 Å². The van der Waals surface area contributed by atoms with Gasteiger partial charge in [0.2, 0.25) is 0 Å². The number of nitrogens with one attached hydrogen (secondary N) is 1. The third-order valence-corrected chi connectivity index (χ3v) is 5.00. The first-order valence-corrected chi connectivity index (χ1v) is 7.04. The predicted octanol–water partition coefficient (Wildman–Crippen LogP) is 1.77. The molecule has 2 fully saturated rings. The van der Waals surface area contributed by atoms with E-state index < -0.39 is 0 Å². The second-order valence-corrected chi connectivity index (χ2v) is 6.10. The van der Waals surface area contributed by atoms with Gasteiger partial charge in [0.25, 0.3) is 0 Å². The Morgan fingerprint density at radius 3 is 2.72 bits per heavy atom. The van der Waals surface area contributed by atoms with Crippen molar-refractivity contribution in [2.45, 2.75) is 43.8 Å². The lowest BCUT2D eigenvalue weighted by Crippen LogP contribution is -2.47. The van der Waals surface area contributed by atoms with Crippen LogP contribution in [0.3, 0.4) is 0 Å². The molecule has 98 valence electrons. The molecule has 3 rings (SSSR count). The lowest BCUT2D eigenvalue weighted by molar-refractivity contribution is -0.380. The smallest absolute Gasteiger partial charge is 0.345 e. The maximum Gasteiger partial charge on any atom is 0.345 e. The normalized spacial score (nSPS) is 30.4. The van der Waals surface area contributed by atoms with Gasteiger partial charge in [0.1, 0.15) is 6.20 Å². The van der Waals surface area contributed by atoms with Crippen LogP contribution in [0.1, 0.15) is 25.7 Å². The zero-order chi connectivity index (χ0) is 12.7. The van der Waals surface area contributed by atoms with Crippen LogP contribution in [0.15, 0.2) is 6.20 Å². The van der Waals surface area contributed by atoms with E-state index in [-0.39, 0.29) is 9.92 Å². The fourth-order valence-electron chi connectivity index (χ4n) is 3.00. The summed E-state index contributed by atoms with van der Waals surface area (Å²) in [6, 6.07) is 1.69. The Labute approximate surface area is 109 Å². The van der Waals surface area contributed by atoms with E-state index in [4.69, 9.17) is 0 Å². The summed E-state index contributed by atoms with van der Waals surface area (Å²) in [4.78, 5) is 16.6. The minimum Gasteiger partial charge on any atom is -0.348 e. The molecule has 2 aliphatic rings. The van der Waals surface area contributed by atoms with Crippen LogP contribution in [0.4, 0.5) is 10.1 Å². The standard InChI is InChI=1S/C11H16N4O2S/c1-14(11-12-6-10(18-11)15(16)17)9-4-7-2-3-8(5-9)13-7/h6-9,13H,2-5H2,1H3. The number of piperidine rings is 1. The van der Waals surface area contributed by atoms with Gasteiger partial charge in [0.05, 0.1) is 4.92 Å². The second kappa shape index (κ2) is 4.47. The van der Waals surface area contributed by atoms with E-state index >= 15 is 0 Å². The molecular weight excluding hydrogens is 252 g/mol. The van der Waals surface area contributed by atoms with E-state index in [2.05, 4.69) is 15.2 Å². The van der Waals surface area contributed by atoms with Crippen molar-refractivity contribution < 1.29 is 4.92 Å². The van der Waals surface area contributed by atoms with Crippen LogP contribution in [-0.2, 0) is 0 Å². The van der Waals surface area contributed by atoms with E-state index in [0.717, 1.165) is 29.3 Å². The first-order valence-electron chi connectivity index (χ1n) is 6.22. The van der Waals surface area contributed by atoms with Crippen LogP contribution in [0, 0.1) is 10.1 Å². The SMILES string of the molecule is CN(c1ncc([N+](=O)[O-])s1)C1CC2CCC(C1)N2. The average Bonchev–Trinajstić information content (AvgIpc) is 2.95. The summed E-state index contributed by atoms with van der Waals surface area (Å²) in [5, 5.41) is 15.1. The fourth-order valence-corrected chi connectivity index (χ4v) is 3.77. The molecule has 18 heavy (non-hydrogen) atoms. The van der Waals surface area contributed by atoms with Gasteiger partial charge in [-0.15, -0.1) is 0 Å². The number of nitro groups is 1. The Bertz CT molecular complexity index is 452. The number of aromatic nitrogens is 1. The molecule has 3 heterocycles. The quantitative estimate of drug-likeness (QED) is 0.668. The molecule has 1 N–H and O–H groups in total. The first kappa shape index (κ1) is 11.9. The average molecular weight is 268 g/mol. The van der Waals surface area contributed by atoms with Gasteiger partial charge >= 0.3 is 5.00 Å². The molecule has 0 aliphatic carbocycles. The number of thiazole rings is 1. The molecule has 2 unspecified atom stereocenters. The summed E-state index contributed by atoms with van der Waals surface area (Å²) in [6.07, 6.45) is 6.09. The summed E-state index contributed by atoms with van der Waals surface area (Å²) < 4.78 is 0. The van der Waals surface area contributed by atoms with E-state index in [1.807, 2.05) is 7.05 Å². The lowest BCUT2D eigenvalue weighted by atomic mass is 9.99. The van der Waals surface area contributed by atoms with Gasteiger partial charge in [-0.2, -0.15) is 0 Å². The van der Waals surface area contributed by atoms with Gasteiger partial charge in [-0.25, -0.2) is 4.98 Å². The summed E-state index contributed by atoms with van der Waals surface area (Å²) in [7, 11) is 2.00. The molecule has 2 saturated heterocycles. The molecule has 2 atom stereocenters. The monoisotopic (exact) mass is 268 g/mol. The van der Waals surface area contributed by atoms with Crippen molar-refractivity contribution in [3.8, 4) is 0 Å². The van der Waals surface area contributed by atoms with Gasteiger partial charge in [-0.3, -0.25) is 10.1 Å². The number of hydrogen-bond donors (Lipinski definition) is 1. The molecular formula is C11H16N4O2S. The van der Waals surface area contributed by atoms with Gasteiger partial charge in [-0.05, 0) is 37.0 Å². The number of nitrogens with zero attached hydrogens (tertiary/aromatic N) is 3. The molecule has 0 amide bonds. The number of hydrogen-bond acceptors (Lipinski definition) is 6. The molecule has 0 spiro atoms. The molecule has 0 radical (unpaired) electrons. The van der Waals surface area contributed by atoms with Gasteiger partial charge in [0, 0.05) is 25.2 Å². The van der Waals surface area contributed by atoms with Gasteiger partial charge < -0.3 is 10.2 Å². The molecule has 1 aromatic heterocycles. The van der Waals surface area contributed by atoms with Crippen molar-refractivity contribution in [2.75, 3.05) is 11.9 Å².